The Kier molecular flexibility index (Phi) is 7.13. The molecule has 8 heteroatoms. The van der Waals surface area contributed by atoms with Crippen LogP contribution in [0.3, 0.4) is 0 Å². The molecule has 3 rings (SSSR count). The first kappa shape index (κ1) is 22.7. The van der Waals surface area contributed by atoms with Gasteiger partial charge in [-0.1, -0.05) is 47.5 Å². The predicted octanol–water partition coefficient (Wildman–Crippen LogP) is 4.00. The highest BCUT2D eigenvalue weighted by atomic mass is 32.2. The van der Waals surface area contributed by atoms with Crippen LogP contribution in [-0.4, -0.2) is 30.0 Å². The van der Waals surface area contributed by atoms with Crippen molar-refractivity contribution in [1.82, 2.24) is 0 Å². The van der Waals surface area contributed by atoms with E-state index in [1.165, 1.54) is 24.3 Å². The highest BCUT2D eigenvalue weighted by Crippen LogP contribution is 2.29. The van der Waals surface area contributed by atoms with Crippen LogP contribution in [-0.2, 0) is 28.6 Å². The lowest BCUT2D eigenvalue weighted by atomic mass is 9.84. The van der Waals surface area contributed by atoms with E-state index in [0.717, 1.165) is 11.1 Å². The molecule has 6 nitrogen and oxygen atoms in total. The van der Waals surface area contributed by atoms with Crippen molar-refractivity contribution in [3.8, 4) is 0 Å². The molecule has 0 unspecified atom stereocenters. The molecule has 0 N–H and O–H groups in total. The molecule has 0 saturated carbocycles. The Morgan fingerprint density at radius 2 is 1.00 bits per heavy atom. The molecule has 0 radical (unpaired) electrons. The molecule has 0 amide bonds. The van der Waals surface area contributed by atoms with E-state index in [1.54, 1.807) is 24.3 Å². The zero-order chi connectivity index (χ0) is 21.8. The van der Waals surface area contributed by atoms with E-state index < -0.39 is 20.2 Å². The van der Waals surface area contributed by atoms with Crippen molar-refractivity contribution in [2.45, 2.75) is 36.5 Å². The van der Waals surface area contributed by atoms with Gasteiger partial charge >= 0.3 is 0 Å². The quantitative estimate of drug-likeness (QED) is 0.446. The first-order valence-electron chi connectivity index (χ1n) is 9.74. The third-order valence-corrected chi connectivity index (χ3v) is 7.80. The van der Waals surface area contributed by atoms with E-state index in [-0.39, 0.29) is 34.8 Å². The van der Waals surface area contributed by atoms with Gasteiger partial charge in [-0.05, 0) is 62.8 Å². The molecule has 0 fully saturated rings. The molecule has 0 saturated heterocycles. The Hall–Kier alpha value is -2.00. The van der Waals surface area contributed by atoms with E-state index in [4.69, 9.17) is 8.37 Å². The second-order valence-corrected chi connectivity index (χ2v) is 10.8. The standard InChI is InChI=1S/C22H26O6S2/c1-17-7-11-21(12-8-17)29(23,24)27-15-19-5-3-4-6-20(19)16-28-30(25,26)22-13-9-18(2)10-14-22/h3-4,7-14,19-20H,5-6,15-16H2,1-2H3/t19-,20-/m1/s1. The van der Waals surface area contributed by atoms with Gasteiger partial charge < -0.3 is 0 Å². The smallest absolute Gasteiger partial charge is 0.266 e. The topological polar surface area (TPSA) is 86.7 Å². The van der Waals surface area contributed by atoms with Crippen molar-refractivity contribution in [1.29, 1.82) is 0 Å². The summed E-state index contributed by atoms with van der Waals surface area (Å²) in [6, 6.07) is 12.9. The molecule has 2 aromatic carbocycles. The molecule has 30 heavy (non-hydrogen) atoms. The van der Waals surface area contributed by atoms with Crippen molar-refractivity contribution >= 4 is 20.2 Å². The molecule has 162 valence electrons. The molecule has 0 heterocycles. The molecule has 0 aliphatic heterocycles. The summed E-state index contributed by atoms with van der Waals surface area (Å²) in [4.78, 5) is 0.211. The SMILES string of the molecule is Cc1ccc(S(=O)(=O)OC[C@H]2CC=CC[C@@H]2COS(=O)(=O)c2ccc(C)cc2)cc1. The number of hydrogen-bond acceptors (Lipinski definition) is 6. The third-order valence-electron chi connectivity index (χ3n) is 5.20. The Morgan fingerprint density at radius 1 is 0.667 bits per heavy atom. The summed E-state index contributed by atoms with van der Waals surface area (Å²) >= 11 is 0. The Balaban J connectivity index is 1.63. The average molecular weight is 451 g/mol. The van der Waals surface area contributed by atoms with Crippen LogP contribution in [0.15, 0.2) is 70.5 Å². The third kappa shape index (κ3) is 5.78. The van der Waals surface area contributed by atoms with Crippen molar-refractivity contribution in [3.63, 3.8) is 0 Å². The van der Waals surface area contributed by atoms with Crippen LogP contribution in [0.2, 0.25) is 0 Å². The van der Waals surface area contributed by atoms with Crippen LogP contribution in [0.25, 0.3) is 0 Å². The minimum absolute atomic E-state index is 0.0286. The van der Waals surface area contributed by atoms with Gasteiger partial charge in [-0.3, -0.25) is 8.37 Å². The number of aryl methyl sites for hydroxylation is 2. The summed E-state index contributed by atoms with van der Waals surface area (Å²) in [5, 5.41) is 0. The lowest BCUT2D eigenvalue weighted by Gasteiger charge is -2.27. The molecule has 0 aromatic heterocycles. The van der Waals surface area contributed by atoms with Gasteiger partial charge in [0.05, 0.1) is 23.0 Å². The minimum Gasteiger partial charge on any atom is -0.266 e. The first-order chi connectivity index (χ1) is 14.2. The van der Waals surface area contributed by atoms with Crippen LogP contribution >= 0.6 is 0 Å². The van der Waals surface area contributed by atoms with Crippen molar-refractivity contribution < 1.29 is 25.2 Å². The van der Waals surface area contributed by atoms with E-state index in [1.807, 2.05) is 26.0 Å². The van der Waals surface area contributed by atoms with Crippen LogP contribution in [0.5, 0.6) is 0 Å². The summed E-state index contributed by atoms with van der Waals surface area (Å²) in [5.74, 6) is -0.327. The molecular formula is C22H26O6S2. The van der Waals surface area contributed by atoms with Gasteiger partial charge in [0.1, 0.15) is 0 Å². The summed E-state index contributed by atoms with van der Waals surface area (Å²) < 4.78 is 60.4. The predicted molar refractivity (Wildman–Crippen MR) is 114 cm³/mol. The number of allylic oxidation sites excluding steroid dienone is 2. The largest absolute Gasteiger partial charge is 0.296 e. The molecule has 1 aliphatic carbocycles. The number of benzene rings is 2. The molecular weight excluding hydrogens is 424 g/mol. The molecule has 0 spiro atoms. The van der Waals surface area contributed by atoms with Crippen molar-refractivity contribution in [2.75, 3.05) is 13.2 Å². The monoisotopic (exact) mass is 450 g/mol. The lowest BCUT2D eigenvalue weighted by molar-refractivity contribution is 0.144. The van der Waals surface area contributed by atoms with Gasteiger partial charge in [-0.25, -0.2) is 0 Å². The fraction of sp³-hybridized carbons (Fsp3) is 0.364. The summed E-state index contributed by atoms with van der Waals surface area (Å²) in [6.07, 6.45) is 5.11. The summed E-state index contributed by atoms with van der Waals surface area (Å²) in [5.41, 5.74) is 1.91. The maximum absolute atomic E-state index is 12.5. The summed E-state index contributed by atoms with van der Waals surface area (Å²) in [6.45, 7) is 3.69. The fourth-order valence-corrected chi connectivity index (χ4v) is 5.15. The zero-order valence-electron chi connectivity index (χ0n) is 17.0. The second-order valence-electron chi connectivity index (χ2n) is 7.57. The van der Waals surface area contributed by atoms with E-state index in [0.29, 0.717) is 12.8 Å². The van der Waals surface area contributed by atoms with Crippen LogP contribution in [0.1, 0.15) is 24.0 Å². The van der Waals surface area contributed by atoms with E-state index in [9.17, 15) is 16.8 Å². The normalized spacial score (nSPS) is 19.7. The lowest BCUT2D eigenvalue weighted by Crippen LogP contribution is -2.28. The molecule has 0 bridgehead atoms. The van der Waals surface area contributed by atoms with Crippen molar-refractivity contribution in [3.05, 3.63) is 71.8 Å². The highest BCUT2D eigenvalue weighted by molar-refractivity contribution is 7.87. The average Bonchev–Trinajstić information content (AvgIpc) is 2.72. The zero-order valence-corrected chi connectivity index (χ0v) is 18.7. The Labute approximate surface area is 178 Å². The van der Waals surface area contributed by atoms with Crippen molar-refractivity contribution in [2.24, 2.45) is 11.8 Å². The Bertz CT molecular complexity index is 996. The highest BCUT2D eigenvalue weighted by Gasteiger charge is 2.28. The molecule has 2 aromatic rings. The summed E-state index contributed by atoms with van der Waals surface area (Å²) in [7, 11) is -7.75. The maximum Gasteiger partial charge on any atom is 0.296 e. The molecule has 1 aliphatic rings. The van der Waals surface area contributed by atoms with Crippen LogP contribution in [0.4, 0.5) is 0 Å². The maximum atomic E-state index is 12.5. The fourth-order valence-electron chi connectivity index (χ4n) is 3.24. The van der Waals surface area contributed by atoms with Gasteiger partial charge in [0.25, 0.3) is 20.2 Å². The van der Waals surface area contributed by atoms with Gasteiger partial charge in [0, 0.05) is 0 Å². The van der Waals surface area contributed by atoms with Crippen LogP contribution in [0, 0.1) is 25.7 Å². The van der Waals surface area contributed by atoms with Gasteiger partial charge in [-0.2, -0.15) is 16.8 Å². The first-order valence-corrected chi connectivity index (χ1v) is 12.6. The van der Waals surface area contributed by atoms with E-state index >= 15 is 0 Å². The van der Waals surface area contributed by atoms with Crippen LogP contribution < -0.4 is 0 Å². The van der Waals surface area contributed by atoms with E-state index in [2.05, 4.69) is 0 Å². The number of hydrogen-bond donors (Lipinski definition) is 0. The second kappa shape index (κ2) is 9.43. The van der Waals surface area contributed by atoms with Gasteiger partial charge in [-0.15, -0.1) is 0 Å². The Morgan fingerprint density at radius 3 is 1.33 bits per heavy atom. The van der Waals surface area contributed by atoms with Gasteiger partial charge in [0.15, 0.2) is 0 Å². The van der Waals surface area contributed by atoms with Gasteiger partial charge in [0.2, 0.25) is 0 Å². The minimum atomic E-state index is -3.87. The molecule has 2 atom stereocenters. The number of rotatable bonds is 8.